The van der Waals surface area contributed by atoms with Crippen LogP contribution in [0.1, 0.15) is 44.4 Å². The standard InChI is InChI=1S/C27H28FNO4/c1-27(2)12-11-16-5-4-6-21-25(20-9-7-17(28)13-23(20)32-3)22(29(27)26(16)21)10-8-19-14-18(30)15-24(31)33-19/h4-10,13,18-19,30H,11-12,14-15H2,1-3H3/b10-8+. The summed E-state index contributed by atoms with van der Waals surface area (Å²) in [6.45, 7) is 4.44. The third kappa shape index (κ3) is 3.72. The number of para-hydroxylation sites is 1. The second kappa shape index (κ2) is 8.03. The normalized spacial score (nSPS) is 22.0. The zero-order valence-electron chi connectivity index (χ0n) is 19.1. The Labute approximate surface area is 192 Å². The molecule has 6 heteroatoms. The molecule has 2 aromatic carbocycles. The van der Waals surface area contributed by atoms with Crippen LogP contribution in [0.25, 0.3) is 28.1 Å². The average Bonchev–Trinajstić information content (AvgIpc) is 3.10. The van der Waals surface area contributed by atoms with Crippen molar-refractivity contribution in [2.45, 2.75) is 57.3 Å². The van der Waals surface area contributed by atoms with E-state index in [0.717, 1.165) is 40.6 Å². The number of cyclic esters (lactones) is 1. The molecule has 3 aromatic rings. The Morgan fingerprint density at radius 1 is 1.27 bits per heavy atom. The van der Waals surface area contributed by atoms with Crippen molar-refractivity contribution in [3.63, 3.8) is 0 Å². The summed E-state index contributed by atoms with van der Waals surface area (Å²) in [4.78, 5) is 11.8. The van der Waals surface area contributed by atoms with Gasteiger partial charge in [-0.05, 0) is 56.5 Å². The molecule has 1 fully saturated rings. The maximum absolute atomic E-state index is 14.0. The molecule has 0 spiro atoms. The summed E-state index contributed by atoms with van der Waals surface area (Å²) in [6.07, 6.45) is 4.97. The number of rotatable bonds is 4. The summed E-state index contributed by atoms with van der Waals surface area (Å²) in [7, 11) is 1.54. The van der Waals surface area contributed by atoms with Crippen molar-refractivity contribution in [1.29, 1.82) is 0 Å². The Hall–Kier alpha value is -3.12. The number of aromatic nitrogens is 1. The van der Waals surface area contributed by atoms with Gasteiger partial charge in [0.2, 0.25) is 0 Å². The minimum absolute atomic E-state index is 0.0268. The first-order valence-electron chi connectivity index (χ1n) is 11.3. The molecule has 0 saturated carbocycles. The third-order valence-corrected chi connectivity index (χ3v) is 6.81. The highest BCUT2D eigenvalue weighted by Gasteiger charge is 2.33. The van der Waals surface area contributed by atoms with Crippen LogP contribution in [0.5, 0.6) is 5.75 Å². The van der Waals surface area contributed by atoms with Gasteiger partial charge in [0.15, 0.2) is 0 Å². The molecule has 1 N–H and O–H groups in total. The van der Waals surface area contributed by atoms with E-state index in [1.807, 2.05) is 12.2 Å². The van der Waals surface area contributed by atoms with Crippen LogP contribution < -0.4 is 4.74 Å². The van der Waals surface area contributed by atoms with Crippen LogP contribution in [-0.2, 0) is 21.5 Å². The first-order valence-corrected chi connectivity index (χ1v) is 11.3. The SMILES string of the molecule is COc1cc(F)ccc1-c1c(/C=C/C2CC(O)CC(=O)O2)n2c3c(cccc13)CCC2(C)C. The maximum Gasteiger partial charge on any atom is 0.309 e. The molecule has 0 bridgehead atoms. The monoisotopic (exact) mass is 449 g/mol. The molecule has 2 aliphatic rings. The molecule has 33 heavy (non-hydrogen) atoms. The highest BCUT2D eigenvalue weighted by molar-refractivity contribution is 6.04. The fraction of sp³-hybridized carbons (Fsp3) is 0.370. The van der Waals surface area contributed by atoms with E-state index in [0.29, 0.717) is 12.2 Å². The largest absolute Gasteiger partial charge is 0.496 e. The van der Waals surface area contributed by atoms with Gasteiger partial charge in [0, 0.05) is 34.5 Å². The van der Waals surface area contributed by atoms with Crippen LogP contribution in [0.15, 0.2) is 42.5 Å². The summed E-state index contributed by atoms with van der Waals surface area (Å²) in [6, 6.07) is 10.9. The first-order chi connectivity index (χ1) is 15.8. The number of halogens is 1. The van der Waals surface area contributed by atoms with E-state index in [-0.39, 0.29) is 17.8 Å². The Balaban J connectivity index is 1.77. The van der Waals surface area contributed by atoms with Crippen molar-refractivity contribution in [2.75, 3.05) is 7.11 Å². The van der Waals surface area contributed by atoms with Gasteiger partial charge in [-0.25, -0.2) is 4.39 Å². The van der Waals surface area contributed by atoms with Gasteiger partial charge < -0.3 is 19.1 Å². The van der Waals surface area contributed by atoms with Gasteiger partial charge in [0.1, 0.15) is 17.7 Å². The predicted molar refractivity (Wildman–Crippen MR) is 126 cm³/mol. The maximum atomic E-state index is 14.0. The fourth-order valence-corrected chi connectivity index (χ4v) is 5.25. The molecule has 1 aromatic heterocycles. The summed E-state index contributed by atoms with van der Waals surface area (Å²) < 4.78 is 27.4. The van der Waals surface area contributed by atoms with Crippen LogP contribution in [-0.4, -0.2) is 35.0 Å². The minimum Gasteiger partial charge on any atom is -0.496 e. The zero-order valence-corrected chi connectivity index (χ0v) is 19.1. The molecule has 3 heterocycles. The smallest absolute Gasteiger partial charge is 0.309 e. The van der Waals surface area contributed by atoms with Crippen molar-refractivity contribution in [3.05, 3.63) is 59.5 Å². The van der Waals surface area contributed by atoms with E-state index in [9.17, 15) is 14.3 Å². The lowest BCUT2D eigenvalue weighted by molar-refractivity contribution is -0.156. The van der Waals surface area contributed by atoms with E-state index in [1.165, 1.54) is 17.7 Å². The lowest BCUT2D eigenvalue weighted by Crippen LogP contribution is -2.32. The van der Waals surface area contributed by atoms with E-state index < -0.39 is 18.2 Å². The molecule has 5 nitrogen and oxygen atoms in total. The van der Waals surface area contributed by atoms with Gasteiger partial charge in [-0.15, -0.1) is 0 Å². The number of nitrogens with zero attached hydrogens (tertiary/aromatic N) is 1. The summed E-state index contributed by atoms with van der Waals surface area (Å²) in [5, 5.41) is 11.1. The lowest BCUT2D eigenvalue weighted by atomic mass is 9.90. The van der Waals surface area contributed by atoms with Gasteiger partial charge in [0.25, 0.3) is 0 Å². The van der Waals surface area contributed by atoms with Crippen molar-refractivity contribution >= 4 is 22.9 Å². The van der Waals surface area contributed by atoms with Gasteiger partial charge in [-0.1, -0.05) is 18.2 Å². The lowest BCUT2D eigenvalue weighted by Gasteiger charge is -2.34. The number of methoxy groups -OCH3 is 1. The Morgan fingerprint density at radius 2 is 2.09 bits per heavy atom. The molecule has 2 unspecified atom stereocenters. The second-order valence-electron chi connectivity index (χ2n) is 9.55. The summed E-state index contributed by atoms with van der Waals surface area (Å²) in [5.41, 5.74) is 4.99. The van der Waals surface area contributed by atoms with Crippen molar-refractivity contribution in [2.24, 2.45) is 0 Å². The van der Waals surface area contributed by atoms with E-state index in [1.54, 1.807) is 13.2 Å². The van der Waals surface area contributed by atoms with Crippen LogP contribution in [0.4, 0.5) is 4.39 Å². The summed E-state index contributed by atoms with van der Waals surface area (Å²) >= 11 is 0. The number of aliphatic hydroxyl groups is 1. The quantitative estimate of drug-likeness (QED) is 0.555. The number of carbonyl (C=O) groups is 1. The average molecular weight is 450 g/mol. The molecule has 172 valence electrons. The molecule has 2 aliphatic heterocycles. The molecule has 1 saturated heterocycles. The fourth-order valence-electron chi connectivity index (χ4n) is 5.25. The van der Waals surface area contributed by atoms with Gasteiger partial charge in [0.05, 0.1) is 30.8 Å². The van der Waals surface area contributed by atoms with Crippen LogP contribution in [0.3, 0.4) is 0 Å². The molecule has 2 atom stereocenters. The molecule has 5 rings (SSSR count). The zero-order chi connectivity index (χ0) is 23.3. The Morgan fingerprint density at radius 3 is 2.85 bits per heavy atom. The third-order valence-electron chi connectivity index (χ3n) is 6.81. The van der Waals surface area contributed by atoms with E-state index in [4.69, 9.17) is 9.47 Å². The molecule has 0 aliphatic carbocycles. The molecular weight excluding hydrogens is 421 g/mol. The number of aliphatic hydroxyl groups excluding tert-OH is 1. The molecule has 0 radical (unpaired) electrons. The number of ether oxygens (including phenoxy) is 2. The minimum atomic E-state index is -0.703. The van der Waals surface area contributed by atoms with E-state index in [2.05, 4.69) is 36.6 Å². The van der Waals surface area contributed by atoms with Crippen LogP contribution in [0, 0.1) is 5.82 Å². The second-order valence-corrected chi connectivity index (χ2v) is 9.55. The highest BCUT2D eigenvalue weighted by atomic mass is 19.1. The number of carbonyl (C=O) groups excluding carboxylic acids is 1. The van der Waals surface area contributed by atoms with Gasteiger partial charge >= 0.3 is 5.97 Å². The number of esters is 1. The Bertz CT molecular complexity index is 1270. The number of benzene rings is 2. The first kappa shape index (κ1) is 21.7. The number of hydrogen-bond acceptors (Lipinski definition) is 4. The van der Waals surface area contributed by atoms with Crippen molar-refractivity contribution in [3.8, 4) is 16.9 Å². The highest BCUT2D eigenvalue weighted by Crippen LogP contribution is 2.46. The predicted octanol–water partition coefficient (Wildman–Crippen LogP) is 5.22. The van der Waals surface area contributed by atoms with Crippen molar-refractivity contribution < 1.29 is 23.8 Å². The van der Waals surface area contributed by atoms with Gasteiger partial charge in [-0.2, -0.15) is 0 Å². The number of hydrogen-bond donors (Lipinski definition) is 1. The molecular formula is C27H28FNO4. The van der Waals surface area contributed by atoms with E-state index >= 15 is 0 Å². The Kier molecular flexibility index (Phi) is 5.28. The van der Waals surface area contributed by atoms with Crippen LogP contribution in [0.2, 0.25) is 0 Å². The van der Waals surface area contributed by atoms with Crippen LogP contribution >= 0.6 is 0 Å². The topological polar surface area (TPSA) is 60.7 Å². The number of aryl methyl sites for hydroxylation is 1. The van der Waals surface area contributed by atoms with Crippen molar-refractivity contribution in [1.82, 2.24) is 4.57 Å². The molecule has 0 amide bonds. The van der Waals surface area contributed by atoms with Gasteiger partial charge in [-0.3, -0.25) is 4.79 Å². The summed E-state index contributed by atoms with van der Waals surface area (Å²) in [5.74, 6) is -0.288.